The molecule has 17 heavy (non-hydrogen) atoms. The van der Waals surface area contributed by atoms with Gasteiger partial charge < -0.3 is 14.6 Å². The second kappa shape index (κ2) is 4.84. The molecule has 1 fully saturated rings. The van der Waals surface area contributed by atoms with Crippen LogP contribution in [0.1, 0.15) is 29.6 Å². The number of methoxy groups -OCH3 is 1. The molecule has 5 heteroatoms. The SMILES string of the molecule is COc1cc(Cl)c(C(=O)O)cc1OC1CCC1. The van der Waals surface area contributed by atoms with Gasteiger partial charge in [-0.25, -0.2) is 4.79 Å². The summed E-state index contributed by atoms with van der Waals surface area (Å²) >= 11 is 5.84. The number of benzene rings is 1. The fourth-order valence-corrected chi connectivity index (χ4v) is 1.85. The van der Waals surface area contributed by atoms with Crippen LogP contribution in [0, 0.1) is 0 Å². The van der Waals surface area contributed by atoms with E-state index in [2.05, 4.69) is 0 Å². The number of aromatic carboxylic acids is 1. The molecule has 0 aromatic heterocycles. The predicted molar refractivity (Wildman–Crippen MR) is 63.2 cm³/mol. The Morgan fingerprint density at radius 2 is 2.12 bits per heavy atom. The molecule has 0 saturated heterocycles. The van der Waals surface area contributed by atoms with Crippen LogP contribution in [0.2, 0.25) is 5.02 Å². The molecule has 1 aromatic carbocycles. The summed E-state index contributed by atoms with van der Waals surface area (Å²) in [5.74, 6) is -0.165. The minimum Gasteiger partial charge on any atom is -0.493 e. The van der Waals surface area contributed by atoms with Crippen LogP contribution in [0.25, 0.3) is 0 Å². The van der Waals surface area contributed by atoms with Gasteiger partial charge in [0.2, 0.25) is 0 Å². The van der Waals surface area contributed by atoms with Crippen LogP contribution in [0.3, 0.4) is 0 Å². The summed E-state index contributed by atoms with van der Waals surface area (Å²) in [7, 11) is 1.50. The molecule has 1 N–H and O–H groups in total. The summed E-state index contributed by atoms with van der Waals surface area (Å²) in [5, 5.41) is 9.13. The molecule has 1 aromatic rings. The highest BCUT2D eigenvalue weighted by molar-refractivity contribution is 6.33. The smallest absolute Gasteiger partial charge is 0.337 e. The number of halogens is 1. The molecule has 0 amide bonds. The minimum atomic E-state index is -1.07. The number of hydrogen-bond acceptors (Lipinski definition) is 3. The van der Waals surface area contributed by atoms with Crippen molar-refractivity contribution in [3.8, 4) is 11.5 Å². The van der Waals surface area contributed by atoms with Gasteiger partial charge in [-0.1, -0.05) is 11.6 Å². The Morgan fingerprint density at radius 3 is 2.59 bits per heavy atom. The van der Waals surface area contributed by atoms with E-state index >= 15 is 0 Å². The quantitative estimate of drug-likeness (QED) is 0.900. The summed E-state index contributed by atoms with van der Waals surface area (Å²) in [4.78, 5) is 11.0. The van der Waals surface area contributed by atoms with Crippen molar-refractivity contribution in [3.63, 3.8) is 0 Å². The van der Waals surface area contributed by atoms with Crippen molar-refractivity contribution < 1.29 is 19.4 Å². The Balaban J connectivity index is 2.32. The van der Waals surface area contributed by atoms with E-state index in [0.717, 1.165) is 19.3 Å². The fraction of sp³-hybridized carbons (Fsp3) is 0.417. The number of carbonyl (C=O) groups is 1. The van der Waals surface area contributed by atoms with Crippen molar-refractivity contribution in [1.29, 1.82) is 0 Å². The van der Waals surface area contributed by atoms with E-state index in [4.69, 9.17) is 26.2 Å². The van der Waals surface area contributed by atoms with Crippen molar-refractivity contribution in [2.24, 2.45) is 0 Å². The number of carboxylic acids is 1. The van der Waals surface area contributed by atoms with Gasteiger partial charge in [-0.3, -0.25) is 0 Å². The van der Waals surface area contributed by atoms with Crippen LogP contribution in [0.4, 0.5) is 0 Å². The summed E-state index contributed by atoms with van der Waals surface area (Å²) < 4.78 is 10.8. The van der Waals surface area contributed by atoms with Gasteiger partial charge in [0.1, 0.15) is 0 Å². The predicted octanol–water partition coefficient (Wildman–Crippen LogP) is 2.98. The van der Waals surface area contributed by atoms with Gasteiger partial charge in [-0.05, 0) is 19.3 Å². The van der Waals surface area contributed by atoms with Crippen molar-refractivity contribution in [1.82, 2.24) is 0 Å². The van der Waals surface area contributed by atoms with E-state index in [1.807, 2.05) is 0 Å². The molecular weight excluding hydrogens is 244 g/mol. The van der Waals surface area contributed by atoms with Crippen molar-refractivity contribution >= 4 is 17.6 Å². The van der Waals surface area contributed by atoms with Gasteiger partial charge in [-0.2, -0.15) is 0 Å². The van der Waals surface area contributed by atoms with E-state index < -0.39 is 5.97 Å². The topological polar surface area (TPSA) is 55.8 Å². The Kier molecular flexibility index (Phi) is 3.43. The second-order valence-electron chi connectivity index (χ2n) is 3.96. The average Bonchev–Trinajstić information content (AvgIpc) is 2.23. The van der Waals surface area contributed by atoms with Gasteiger partial charge >= 0.3 is 5.97 Å². The molecule has 1 saturated carbocycles. The highest BCUT2D eigenvalue weighted by Gasteiger charge is 2.22. The third-order valence-corrected chi connectivity index (χ3v) is 3.14. The minimum absolute atomic E-state index is 0.0294. The summed E-state index contributed by atoms with van der Waals surface area (Å²) in [6, 6.07) is 2.89. The first kappa shape index (κ1) is 12.0. The van der Waals surface area contributed by atoms with Crippen LogP contribution in [-0.4, -0.2) is 24.3 Å². The maximum atomic E-state index is 11.0. The van der Waals surface area contributed by atoms with Crippen LogP contribution in [0.5, 0.6) is 11.5 Å². The molecular formula is C12H13ClO4. The molecule has 4 nitrogen and oxygen atoms in total. The lowest BCUT2D eigenvalue weighted by Gasteiger charge is -2.27. The molecule has 2 rings (SSSR count). The van der Waals surface area contributed by atoms with E-state index in [-0.39, 0.29) is 16.7 Å². The number of carboxylic acid groups (broad SMARTS) is 1. The van der Waals surface area contributed by atoms with Crippen LogP contribution < -0.4 is 9.47 Å². The summed E-state index contributed by atoms with van der Waals surface area (Å²) in [6.45, 7) is 0. The van der Waals surface area contributed by atoms with Crippen LogP contribution in [-0.2, 0) is 0 Å². The summed E-state index contributed by atoms with van der Waals surface area (Å²) in [5.41, 5.74) is 0.0294. The lowest BCUT2D eigenvalue weighted by atomic mass is 9.96. The zero-order valence-corrected chi connectivity index (χ0v) is 10.2. The molecule has 0 radical (unpaired) electrons. The third-order valence-electron chi connectivity index (χ3n) is 2.83. The Morgan fingerprint density at radius 1 is 1.41 bits per heavy atom. The largest absolute Gasteiger partial charge is 0.493 e. The Hall–Kier alpha value is -1.42. The standard InChI is InChI=1S/C12H13ClO4/c1-16-10-6-9(13)8(12(14)15)5-11(10)17-7-3-2-4-7/h5-7H,2-4H2,1H3,(H,14,15). The zero-order valence-electron chi connectivity index (χ0n) is 9.40. The highest BCUT2D eigenvalue weighted by Crippen LogP contribution is 2.36. The Bertz CT molecular complexity index is 440. The van der Waals surface area contributed by atoms with Gasteiger partial charge in [0, 0.05) is 12.1 Å². The molecule has 0 atom stereocenters. The van der Waals surface area contributed by atoms with Crippen molar-refractivity contribution in [2.45, 2.75) is 25.4 Å². The third kappa shape index (κ3) is 2.47. The van der Waals surface area contributed by atoms with E-state index in [1.165, 1.54) is 19.2 Å². The molecule has 0 unspecified atom stereocenters. The van der Waals surface area contributed by atoms with Gasteiger partial charge in [0.05, 0.1) is 23.8 Å². The van der Waals surface area contributed by atoms with Gasteiger partial charge in [0.25, 0.3) is 0 Å². The summed E-state index contributed by atoms with van der Waals surface area (Å²) in [6.07, 6.45) is 3.29. The van der Waals surface area contributed by atoms with Gasteiger partial charge in [-0.15, -0.1) is 0 Å². The number of ether oxygens (including phenoxy) is 2. The first-order valence-electron chi connectivity index (χ1n) is 5.39. The second-order valence-corrected chi connectivity index (χ2v) is 4.37. The van der Waals surface area contributed by atoms with Gasteiger partial charge in [0.15, 0.2) is 11.5 Å². The van der Waals surface area contributed by atoms with Crippen molar-refractivity contribution in [3.05, 3.63) is 22.7 Å². The molecule has 1 aliphatic carbocycles. The lowest BCUT2D eigenvalue weighted by molar-refractivity contribution is 0.0694. The van der Waals surface area contributed by atoms with Crippen LogP contribution >= 0.6 is 11.6 Å². The van der Waals surface area contributed by atoms with Crippen molar-refractivity contribution in [2.75, 3.05) is 7.11 Å². The zero-order chi connectivity index (χ0) is 12.4. The fourth-order valence-electron chi connectivity index (χ4n) is 1.62. The van der Waals surface area contributed by atoms with E-state index in [0.29, 0.717) is 11.5 Å². The first-order valence-corrected chi connectivity index (χ1v) is 5.77. The normalized spacial score (nSPS) is 15.2. The van der Waals surface area contributed by atoms with Crippen LogP contribution in [0.15, 0.2) is 12.1 Å². The monoisotopic (exact) mass is 256 g/mol. The molecule has 0 bridgehead atoms. The maximum Gasteiger partial charge on any atom is 0.337 e. The highest BCUT2D eigenvalue weighted by atomic mass is 35.5. The first-order chi connectivity index (χ1) is 8.11. The Labute approximate surface area is 104 Å². The lowest BCUT2D eigenvalue weighted by Crippen LogP contribution is -2.24. The molecule has 92 valence electrons. The number of rotatable bonds is 4. The van der Waals surface area contributed by atoms with E-state index in [9.17, 15) is 4.79 Å². The molecule has 0 heterocycles. The molecule has 0 aliphatic heterocycles. The average molecular weight is 257 g/mol. The molecule has 1 aliphatic rings. The molecule has 0 spiro atoms. The van der Waals surface area contributed by atoms with E-state index in [1.54, 1.807) is 0 Å². The number of hydrogen-bond donors (Lipinski definition) is 1. The maximum absolute atomic E-state index is 11.0.